The van der Waals surface area contributed by atoms with Gasteiger partial charge in [0.25, 0.3) is 5.91 Å². The first-order chi connectivity index (χ1) is 8.49. The summed E-state index contributed by atoms with van der Waals surface area (Å²) in [6, 6.07) is -0.0228. The molecule has 5 heteroatoms. The molecule has 0 radical (unpaired) electrons. The molecule has 0 aromatic heterocycles. The quantitative estimate of drug-likeness (QED) is 0.704. The van der Waals surface area contributed by atoms with Crippen LogP contribution in [0.4, 0.5) is 0 Å². The molecular formula is C13H18N2O3. The van der Waals surface area contributed by atoms with E-state index in [1.54, 1.807) is 6.08 Å². The van der Waals surface area contributed by atoms with Crippen molar-refractivity contribution in [2.45, 2.75) is 45.3 Å². The summed E-state index contributed by atoms with van der Waals surface area (Å²) in [5, 5.41) is 12.6. The van der Waals surface area contributed by atoms with Gasteiger partial charge in [0.15, 0.2) is 0 Å². The number of aliphatic hydroxyl groups excluding tert-OH is 1. The lowest BCUT2D eigenvalue weighted by molar-refractivity contribution is -0.131. The standard InChI is InChI=1S/C13H18N2O3/c1-7(2)14-12(17)9-6-8-10(15-13(9)18)4-3-5-11(8)16/h6-7,9,11,16H,3-5H2,1-2H3,(H,14,17). The largest absolute Gasteiger partial charge is 0.388 e. The molecule has 0 aromatic rings. The van der Waals surface area contributed by atoms with E-state index in [0.29, 0.717) is 24.1 Å². The van der Waals surface area contributed by atoms with Crippen LogP contribution in [0.2, 0.25) is 0 Å². The predicted molar refractivity (Wildman–Crippen MR) is 67.2 cm³/mol. The molecule has 2 atom stereocenters. The smallest absolute Gasteiger partial charge is 0.262 e. The summed E-state index contributed by atoms with van der Waals surface area (Å²) in [5.74, 6) is -1.66. The van der Waals surface area contributed by atoms with Crippen LogP contribution in [-0.4, -0.2) is 34.8 Å². The minimum absolute atomic E-state index is 0.0228. The molecule has 0 spiro atoms. The SMILES string of the molecule is CC(C)NC(=O)C1C=C2C(=NC1=O)CCCC2O. The lowest BCUT2D eigenvalue weighted by Gasteiger charge is -2.27. The summed E-state index contributed by atoms with van der Waals surface area (Å²) in [4.78, 5) is 27.6. The van der Waals surface area contributed by atoms with E-state index in [4.69, 9.17) is 0 Å². The third-order valence-electron chi connectivity index (χ3n) is 3.15. The first kappa shape index (κ1) is 13.0. The normalized spacial score (nSPS) is 27.4. The molecule has 2 unspecified atom stereocenters. The van der Waals surface area contributed by atoms with E-state index in [9.17, 15) is 14.7 Å². The van der Waals surface area contributed by atoms with Crippen LogP contribution in [-0.2, 0) is 9.59 Å². The van der Waals surface area contributed by atoms with E-state index < -0.39 is 17.9 Å². The highest BCUT2D eigenvalue weighted by molar-refractivity contribution is 6.15. The van der Waals surface area contributed by atoms with Crippen LogP contribution < -0.4 is 5.32 Å². The number of dihydropyridines is 1. The van der Waals surface area contributed by atoms with Crippen molar-refractivity contribution in [2.75, 3.05) is 0 Å². The summed E-state index contributed by atoms with van der Waals surface area (Å²) < 4.78 is 0. The van der Waals surface area contributed by atoms with E-state index in [1.807, 2.05) is 13.8 Å². The van der Waals surface area contributed by atoms with Gasteiger partial charge in [-0.05, 0) is 38.7 Å². The van der Waals surface area contributed by atoms with E-state index in [1.165, 1.54) is 0 Å². The number of rotatable bonds is 2. The van der Waals surface area contributed by atoms with E-state index >= 15 is 0 Å². The Morgan fingerprint density at radius 1 is 1.56 bits per heavy atom. The molecule has 1 saturated carbocycles. The molecule has 1 heterocycles. The van der Waals surface area contributed by atoms with Gasteiger partial charge in [-0.3, -0.25) is 9.59 Å². The number of carbonyl (C=O) groups is 2. The van der Waals surface area contributed by atoms with Crippen LogP contribution in [0.1, 0.15) is 33.1 Å². The zero-order chi connectivity index (χ0) is 13.3. The van der Waals surface area contributed by atoms with E-state index in [-0.39, 0.29) is 11.9 Å². The third-order valence-corrected chi connectivity index (χ3v) is 3.15. The first-order valence-corrected chi connectivity index (χ1v) is 6.31. The molecule has 2 N–H and O–H groups in total. The Morgan fingerprint density at radius 2 is 2.28 bits per heavy atom. The number of aliphatic hydroxyl groups is 1. The van der Waals surface area contributed by atoms with Gasteiger partial charge in [0.05, 0.1) is 6.10 Å². The minimum atomic E-state index is -0.890. The average Bonchev–Trinajstić information content (AvgIpc) is 2.27. The molecular weight excluding hydrogens is 232 g/mol. The number of nitrogens with one attached hydrogen (secondary N) is 1. The molecule has 1 fully saturated rings. The van der Waals surface area contributed by atoms with Crippen molar-refractivity contribution < 1.29 is 14.7 Å². The maximum Gasteiger partial charge on any atom is 0.262 e. The molecule has 2 amide bonds. The summed E-state index contributed by atoms with van der Waals surface area (Å²) in [5.41, 5.74) is 1.30. The molecule has 1 aliphatic carbocycles. The fourth-order valence-corrected chi connectivity index (χ4v) is 2.30. The van der Waals surface area contributed by atoms with Crippen molar-refractivity contribution in [3.63, 3.8) is 0 Å². The molecule has 2 aliphatic rings. The van der Waals surface area contributed by atoms with Gasteiger partial charge in [0.2, 0.25) is 5.91 Å². The number of amides is 2. The second kappa shape index (κ2) is 5.02. The Morgan fingerprint density at radius 3 is 2.94 bits per heavy atom. The monoisotopic (exact) mass is 250 g/mol. The zero-order valence-electron chi connectivity index (χ0n) is 10.6. The second-order valence-electron chi connectivity index (χ2n) is 5.07. The maximum absolute atomic E-state index is 11.9. The van der Waals surface area contributed by atoms with Gasteiger partial charge in [-0.15, -0.1) is 0 Å². The molecule has 18 heavy (non-hydrogen) atoms. The van der Waals surface area contributed by atoms with Crippen molar-refractivity contribution >= 4 is 17.5 Å². The van der Waals surface area contributed by atoms with E-state index in [2.05, 4.69) is 10.3 Å². The second-order valence-corrected chi connectivity index (χ2v) is 5.07. The van der Waals surface area contributed by atoms with Gasteiger partial charge in [-0.25, -0.2) is 4.99 Å². The molecule has 98 valence electrons. The topological polar surface area (TPSA) is 78.8 Å². The zero-order valence-corrected chi connectivity index (χ0v) is 10.6. The molecule has 0 saturated heterocycles. The summed E-state index contributed by atoms with van der Waals surface area (Å²) >= 11 is 0. The van der Waals surface area contributed by atoms with Gasteiger partial charge in [-0.2, -0.15) is 0 Å². The number of hydrogen-bond donors (Lipinski definition) is 2. The van der Waals surface area contributed by atoms with Gasteiger partial charge < -0.3 is 10.4 Å². The Labute approximate surface area is 106 Å². The van der Waals surface area contributed by atoms with Crippen molar-refractivity contribution in [3.05, 3.63) is 11.6 Å². The van der Waals surface area contributed by atoms with Crippen LogP contribution in [0.25, 0.3) is 0 Å². The highest BCUT2D eigenvalue weighted by Gasteiger charge is 2.34. The Kier molecular flexibility index (Phi) is 3.61. The first-order valence-electron chi connectivity index (χ1n) is 6.31. The number of carbonyl (C=O) groups excluding carboxylic acids is 2. The van der Waals surface area contributed by atoms with Gasteiger partial charge >= 0.3 is 0 Å². The molecule has 2 rings (SSSR count). The van der Waals surface area contributed by atoms with Gasteiger partial charge in [0, 0.05) is 11.8 Å². The molecule has 0 bridgehead atoms. The number of fused-ring (bicyclic) bond motifs is 1. The van der Waals surface area contributed by atoms with E-state index in [0.717, 1.165) is 6.42 Å². The molecule has 5 nitrogen and oxygen atoms in total. The minimum Gasteiger partial charge on any atom is -0.388 e. The molecule has 1 aliphatic heterocycles. The van der Waals surface area contributed by atoms with Crippen molar-refractivity contribution in [1.29, 1.82) is 0 Å². The summed E-state index contributed by atoms with van der Waals surface area (Å²) in [6.07, 6.45) is 3.17. The van der Waals surface area contributed by atoms with Crippen LogP contribution in [0.3, 0.4) is 0 Å². The lowest BCUT2D eigenvalue weighted by Crippen LogP contribution is -2.41. The predicted octanol–water partition coefficient (Wildman–Crippen LogP) is 0.580. The number of hydrogen-bond acceptors (Lipinski definition) is 3. The highest BCUT2D eigenvalue weighted by Crippen LogP contribution is 2.27. The van der Waals surface area contributed by atoms with Crippen molar-refractivity contribution in [3.8, 4) is 0 Å². The summed E-state index contributed by atoms with van der Waals surface area (Å²) in [6.45, 7) is 3.67. The molecule has 0 aromatic carbocycles. The highest BCUT2D eigenvalue weighted by atomic mass is 16.3. The maximum atomic E-state index is 11.9. The van der Waals surface area contributed by atoms with Crippen molar-refractivity contribution in [2.24, 2.45) is 10.9 Å². The Balaban J connectivity index is 2.22. The fourth-order valence-electron chi connectivity index (χ4n) is 2.30. The Hall–Kier alpha value is -1.49. The lowest BCUT2D eigenvalue weighted by atomic mass is 9.85. The Bertz CT molecular complexity index is 438. The van der Waals surface area contributed by atoms with Crippen LogP contribution in [0.15, 0.2) is 16.6 Å². The van der Waals surface area contributed by atoms with Gasteiger partial charge in [0.1, 0.15) is 5.92 Å². The third kappa shape index (κ3) is 2.51. The van der Waals surface area contributed by atoms with Crippen molar-refractivity contribution in [1.82, 2.24) is 5.32 Å². The van der Waals surface area contributed by atoms with Gasteiger partial charge in [-0.1, -0.05) is 6.08 Å². The van der Waals surface area contributed by atoms with Crippen LogP contribution >= 0.6 is 0 Å². The summed E-state index contributed by atoms with van der Waals surface area (Å²) in [7, 11) is 0. The number of nitrogens with zero attached hydrogens (tertiary/aromatic N) is 1. The fraction of sp³-hybridized carbons (Fsp3) is 0.615. The van der Waals surface area contributed by atoms with Crippen LogP contribution in [0.5, 0.6) is 0 Å². The number of aliphatic imine (C=N–C) groups is 1. The average molecular weight is 250 g/mol. The van der Waals surface area contributed by atoms with Crippen LogP contribution in [0, 0.1) is 5.92 Å².